The van der Waals surface area contributed by atoms with Gasteiger partial charge in [-0.3, -0.25) is 19.7 Å². The van der Waals surface area contributed by atoms with Crippen LogP contribution in [0, 0.1) is 0 Å². The number of carbonyl (C=O) groups is 4. The number of amides is 4. The summed E-state index contributed by atoms with van der Waals surface area (Å²) in [4.78, 5) is 54.3. The van der Waals surface area contributed by atoms with E-state index in [9.17, 15) is 19.2 Å². The molecule has 1 aliphatic rings. The van der Waals surface area contributed by atoms with Crippen LogP contribution in [0.1, 0.15) is 43.6 Å². The van der Waals surface area contributed by atoms with Crippen molar-refractivity contribution in [1.29, 1.82) is 0 Å². The van der Waals surface area contributed by atoms with Crippen molar-refractivity contribution in [3.8, 4) is 10.4 Å². The summed E-state index contributed by atoms with van der Waals surface area (Å²) in [6.07, 6.45) is -0.626. The number of piperazine rings is 1. The lowest BCUT2D eigenvalue weighted by atomic mass is 10.1. The zero-order valence-corrected chi connectivity index (χ0v) is 23.3. The predicted octanol–water partition coefficient (Wildman–Crippen LogP) is 5.21. The molecule has 4 amide bonds. The molecule has 39 heavy (non-hydrogen) atoms. The van der Waals surface area contributed by atoms with Crippen molar-refractivity contribution in [1.82, 2.24) is 9.80 Å². The van der Waals surface area contributed by atoms with Gasteiger partial charge in [-0.05, 0) is 74.5 Å². The summed E-state index contributed by atoms with van der Waals surface area (Å²) in [5.41, 5.74) is 2.27. The quantitative estimate of drug-likeness (QED) is 0.395. The molecule has 2 heterocycles. The van der Waals surface area contributed by atoms with Gasteiger partial charge in [-0.15, -0.1) is 11.3 Å². The highest BCUT2D eigenvalue weighted by molar-refractivity contribution is 7.13. The molecular weight excluding hydrogens is 516 g/mol. The van der Waals surface area contributed by atoms with Gasteiger partial charge in [0.1, 0.15) is 5.60 Å². The molecule has 0 spiro atoms. The van der Waals surface area contributed by atoms with E-state index in [1.807, 2.05) is 36.6 Å². The van der Waals surface area contributed by atoms with Crippen LogP contribution in [-0.2, 0) is 20.9 Å². The predicted molar refractivity (Wildman–Crippen MR) is 152 cm³/mol. The fourth-order valence-corrected chi connectivity index (χ4v) is 4.83. The number of nitrogens with one attached hydrogen (secondary N) is 2. The minimum absolute atomic E-state index is 0.289. The topological polar surface area (TPSA) is 108 Å². The largest absolute Gasteiger partial charge is 0.444 e. The van der Waals surface area contributed by atoms with Gasteiger partial charge in [-0.25, -0.2) is 4.79 Å². The van der Waals surface area contributed by atoms with Crippen molar-refractivity contribution in [2.24, 2.45) is 0 Å². The first-order valence-corrected chi connectivity index (χ1v) is 13.6. The van der Waals surface area contributed by atoms with Crippen LogP contribution in [0.15, 0.2) is 60.0 Å². The van der Waals surface area contributed by atoms with E-state index < -0.39 is 23.5 Å². The van der Waals surface area contributed by atoms with Crippen molar-refractivity contribution in [3.63, 3.8) is 0 Å². The monoisotopic (exact) mass is 548 g/mol. The van der Waals surface area contributed by atoms with Gasteiger partial charge in [-0.2, -0.15) is 0 Å². The minimum atomic E-state index is -0.673. The molecule has 2 N–H and O–H groups in total. The molecule has 0 aliphatic carbocycles. The third-order valence-electron chi connectivity index (χ3n) is 6.08. The van der Waals surface area contributed by atoms with Crippen LogP contribution < -0.4 is 10.6 Å². The molecule has 0 saturated carbocycles. The Bertz CT molecular complexity index is 1360. The molecule has 0 radical (unpaired) electrons. The van der Waals surface area contributed by atoms with Crippen molar-refractivity contribution in [2.75, 3.05) is 30.3 Å². The van der Waals surface area contributed by atoms with Gasteiger partial charge in [0.15, 0.2) is 0 Å². The standard InChI is InChI=1S/C29H32N4O5S/c1-5-32-14-15-33(27(36)26(32)35)18-19-8-10-20(11-9-19)25(34)30-23-17-21(24-7-6-16-39-24)12-13-22(23)31-28(37)38-29(2,3)4/h6-13,16-17H,5,14-15,18H2,1-4H3,(H,30,34)(H,31,37). The highest BCUT2D eigenvalue weighted by Crippen LogP contribution is 2.32. The van der Waals surface area contributed by atoms with E-state index in [1.165, 1.54) is 9.80 Å². The molecule has 2 aromatic carbocycles. The summed E-state index contributed by atoms with van der Waals surface area (Å²) in [7, 11) is 0. The molecule has 1 aromatic heterocycles. The molecule has 4 rings (SSSR count). The van der Waals surface area contributed by atoms with Crippen LogP contribution in [0.5, 0.6) is 0 Å². The van der Waals surface area contributed by atoms with Crippen LogP contribution in [-0.4, -0.2) is 58.8 Å². The fourth-order valence-electron chi connectivity index (χ4n) is 4.11. The zero-order chi connectivity index (χ0) is 28.2. The third-order valence-corrected chi connectivity index (χ3v) is 7.00. The molecule has 0 atom stereocenters. The first-order chi connectivity index (χ1) is 18.5. The normalized spacial score (nSPS) is 13.8. The highest BCUT2D eigenvalue weighted by atomic mass is 32.1. The number of nitrogens with zero attached hydrogens (tertiary/aromatic N) is 2. The maximum atomic E-state index is 13.2. The van der Waals surface area contributed by atoms with Crippen molar-refractivity contribution in [2.45, 2.75) is 39.8 Å². The van der Waals surface area contributed by atoms with Gasteiger partial charge in [0.05, 0.1) is 11.4 Å². The molecular formula is C29H32N4O5S. The summed E-state index contributed by atoms with van der Waals surface area (Å²) in [5, 5.41) is 7.60. The lowest BCUT2D eigenvalue weighted by molar-refractivity contribution is -0.156. The Labute approximate surface area is 231 Å². The molecule has 0 unspecified atom stereocenters. The van der Waals surface area contributed by atoms with E-state index in [0.29, 0.717) is 36.6 Å². The van der Waals surface area contributed by atoms with Crippen LogP contribution in [0.3, 0.4) is 0 Å². The summed E-state index contributed by atoms with van der Waals surface area (Å²) >= 11 is 1.57. The second kappa shape index (κ2) is 11.7. The Morgan fingerprint density at radius 3 is 2.26 bits per heavy atom. The second-order valence-electron chi connectivity index (χ2n) is 10.1. The second-order valence-corrected chi connectivity index (χ2v) is 11.1. The number of rotatable bonds is 7. The molecule has 1 saturated heterocycles. The zero-order valence-electron chi connectivity index (χ0n) is 22.4. The average Bonchev–Trinajstić information content (AvgIpc) is 3.42. The Morgan fingerprint density at radius 1 is 0.923 bits per heavy atom. The Kier molecular flexibility index (Phi) is 8.35. The summed E-state index contributed by atoms with van der Waals surface area (Å²) in [6.45, 7) is 8.94. The highest BCUT2D eigenvalue weighted by Gasteiger charge is 2.31. The number of anilines is 2. The number of carbonyl (C=O) groups excluding carboxylic acids is 4. The van der Waals surface area contributed by atoms with E-state index >= 15 is 0 Å². The fraction of sp³-hybridized carbons (Fsp3) is 0.310. The van der Waals surface area contributed by atoms with Crippen LogP contribution >= 0.6 is 11.3 Å². The van der Waals surface area contributed by atoms with Crippen LogP contribution in [0.25, 0.3) is 10.4 Å². The molecule has 1 fully saturated rings. The average molecular weight is 549 g/mol. The Hall–Kier alpha value is -4.18. The summed E-state index contributed by atoms with van der Waals surface area (Å²) < 4.78 is 5.38. The molecule has 204 valence electrons. The number of hydrogen-bond donors (Lipinski definition) is 2. The lowest BCUT2D eigenvalue weighted by Crippen LogP contribution is -2.53. The van der Waals surface area contributed by atoms with E-state index in [-0.39, 0.29) is 12.5 Å². The summed E-state index contributed by atoms with van der Waals surface area (Å²) in [6, 6.07) is 16.2. The van der Waals surface area contributed by atoms with Gasteiger partial charge in [0, 0.05) is 36.6 Å². The number of ether oxygens (including phenoxy) is 1. The number of thiophene rings is 1. The van der Waals surface area contributed by atoms with Crippen LogP contribution in [0.4, 0.5) is 16.2 Å². The van der Waals surface area contributed by atoms with E-state index in [1.54, 1.807) is 62.4 Å². The maximum Gasteiger partial charge on any atom is 0.412 e. The van der Waals surface area contributed by atoms with E-state index in [4.69, 9.17) is 4.74 Å². The molecule has 3 aromatic rings. The van der Waals surface area contributed by atoms with Gasteiger partial charge < -0.3 is 19.9 Å². The SMILES string of the molecule is CCN1CCN(Cc2ccc(C(=O)Nc3cc(-c4cccs4)ccc3NC(=O)OC(C)(C)C)cc2)C(=O)C1=O. The maximum absolute atomic E-state index is 13.2. The first-order valence-electron chi connectivity index (χ1n) is 12.7. The lowest BCUT2D eigenvalue weighted by Gasteiger charge is -2.33. The van der Waals surface area contributed by atoms with Gasteiger partial charge in [0.2, 0.25) is 0 Å². The smallest absolute Gasteiger partial charge is 0.412 e. The van der Waals surface area contributed by atoms with Crippen LogP contribution in [0.2, 0.25) is 0 Å². The van der Waals surface area contributed by atoms with E-state index in [2.05, 4.69) is 10.6 Å². The Balaban J connectivity index is 1.49. The van der Waals surface area contributed by atoms with E-state index in [0.717, 1.165) is 16.0 Å². The number of benzene rings is 2. The van der Waals surface area contributed by atoms with Crippen molar-refractivity contribution >= 4 is 46.5 Å². The molecule has 0 bridgehead atoms. The third kappa shape index (κ3) is 7.02. The molecule has 1 aliphatic heterocycles. The van der Waals surface area contributed by atoms with Gasteiger partial charge in [-0.1, -0.05) is 24.3 Å². The van der Waals surface area contributed by atoms with Crippen molar-refractivity contribution in [3.05, 3.63) is 71.1 Å². The van der Waals surface area contributed by atoms with Crippen molar-refractivity contribution < 1.29 is 23.9 Å². The Morgan fingerprint density at radius 2 is 1.62 bits per heavy atom. The first kappa shape index (κ1) is 27.8. The number of hydrogen-bond acceptors (Lipinski definition) is 6. The summed E-state index contributed by atoms with van der Waals surface area (Å²) in [5.74, 6) is -1.36. The number of likely N-dealkylation sites (N-methyl/N-ethyl adjacent to an activating group) is 1. The van der Waals surface area contributed by atoms with Gasteiger partial charge >= 0.3 is 17.9 Å². The molecule has 9 nitrogen and oxygen atoms in total. The molecule has 10 heteroatoms. The minimum Gasteiger partial charge on any atom is -0.444 e. The van der Waals surface area contributed by atoms with Gasteiger partial charge in [0.25, 0.3) is 5.91 Å².